The third-order valence-electron chi connectivity index (χ3n) is 4.47. The van der Waals surface area contributed by atoms with Gasteiger partial charge in [-0.05, 0) is 36.8 Å². The first kappa shape index (κ1) is 14.5. The Kier molecular flexibility index (Phi) is 5.41. The lowest BCUT2D eigenvalue weighted by Crippen LogP contribution is -2.48. The highest BCUT2D eigenvalue weighted by Gasteiger charge is 2.16. The number of rotatable bonds is 5. The van der Waals surface area contributed by atoms with Crippen LogP contribution >= 0.6 is 0 Å². The van der Waals surface area contributed by atoms with Gasteiger partial charge in [0.2, 0.25) is 0 Å². The molecule has 106 valence electrons. The fourth-order valence-corrected chi connectivity index (χ4v) is 2.81. The lowest BCUT2D eigenvalue weighted by atomic mass is 9.96. The molecule has 1 heterocycles. The summed E-state index contributed by atoms with van der Waals surface area (Å²) < 4.78 is 0. The third kappa shape index (κ3) is 4.05. The largest absolute Gasteiger partial charge is 0.314 e. The number of nitrogens with zero attached hydrogens (tertiary/aromatic N) is 1. The van der Waals surface area contributed by atoms with Gasteiger partial charge in [0.05, 0.1) is 0 Å². The Morgan fingerprint density at radius 3 is 2.32 bits per heavy atom. The molecule has 1 fully saturated rings. The fraction of sp³-hybridized carbons (Fsp3) is 0.647. The van der Waals surface area contributed by atoms with Gasteiger partial charge in [0.25, 0.3) is 0 Å². The third-order valence-corrected chi connectivity index (χ3v) is 4.47. The summed E-state index contributed by atoms with van der Waals surface area (Å²) in [5.74, 6) is 0.680. The summed E-state index contributed by atoms with van der Waals surface area (Å²) >= 11 is 0. The minimum atomic E-state index is 0.650. The summed E-state index contributed by atoms with van der Waals surface area (Å²) in [6.07, 6.45) is 2.39. The highest BCUT2D eigenvalue weighted by Crippen LogP contribution is 2.19. The molecule has 2 nitrogen and oxygen atoms in total. The molecule has 1 saturated heterocycles. The van der Waals surface area contributed by atoms with Crippen molar-refractivity contribution in [3.8, 4) is 0 Å². The average Bonchev–Trinajstić information content (AvgIpc) is 2.48. The van der Waals surface area contributed by atoms with Crippen molar-refractivity contribution < 1.29 is 0 Å². The SMILES string of the molecule is CCC(C)c1ccc(CC(C)N2CCNCC2)cc1. The Balaban J connectivity index is 1.91. The Hall–Kier alpha value is -0.860. The number of hydrogen-bond donors (Lipinski definition) is 1. The molecule has 2 unspecified atom stereocenters. The molecule has 0 saturated carbocycles. The summed E-state index contributed by atoms with van der Waals surface area (Å²) in [6.45, 7) is 11.6. The maximum absolute atomic E-state index is 3.42. The first-order chi connectivity index (χ1) is 9.20. The van der Waals surface area contributed by atoms with E-state index >= 15 is 0 Å². The Bertz CT molecular complexity index is 365. The molecule has 1 aliphatic heterocycles. The lowest BCUT2D eigenvalue weighted by Gasteiger charge is -2.32. The molecule has 2 rings (SSSR count). The molecule has 2 atom stereocenters. The van der Waals surface area contributed by atoms with Gasteiger partial charge in [-0.2, -0.15) is 0 Å². The van der Waals surface area contributed by atoms with Gasteiger partial charge >= 0.3 is 0 Å². The highest BCUT2D eigenvalue weighted by atomic mass is 15.2. The lowest BCUT2D eigenvalue weighted by molar-refractivity contribution is 0.183. The first-order valence-electron chi connectivity index (χ1n) is 7.74. The topological polar surface area (TPSA) is 15.3 Å². The quantitative estimate of drug-likeness (QED) is 0.875. The van der Waals surface area contributed by atoms with E-state index in [0.29, 0.717) is 12.0 Å². The van der Waals surface area contributed by atoms with Gasteiger partial charge in [-0.15, -0.1) is 0 Å². The minimum absolute atomic E-state index is 0.650. The zero-order valence-corrected chi connectivity index (χ0v) is 12.7. The predicted molar refractivity (Wildman–Crippen MR) is 82.8 cm³/mol. The van der Waals surface area contributed by atoms with Crippen LogP contribution in [0.4, 0.5) is 0 Å². The van der Waals surface area contributed by atoms with Crippen LogP contribution in [0.25, 0.3) is 0 Å². The Morgan fingerprint density at radius 2 is 1.74 bits per heavy atom. The van der Waals surface area contributed by atoms with Gasteiger partial charge in [-0.1, -0.05) is 38.1 Å². The van der Waals surface area contributed by atoms with Crippen molar-refractivity contribution in [2.45, 2.75) is 45.6 Å². The number of nitrogens with one attached hydrogen (secondary N) is 1. The molecular formula is C17H28N2. The van der Waals surface area contributed by atoms with E-state index in [1.54, 1.807) is 0 Å². The zero-order valence-electron chi connectivity index (χ0n) is 12.7. The van der Waals surface area contributed by atoms with E-state index in [4.69, 9.17) is 0 Å². The number of hydrogen-bond acceptors (Lipinski definition) is 2. The summed E-state index contributed by atoms with van der Waals surface area (Å²) in [6, 6.07) is 9.92. The standard InChI is InChI=1S/C17H28N2/c1-4-14(2)17-7-5-16(6-8-17)13-15(3)19-11-9-18-10-12-19/h5-8,14-15,18H,4,9-13H2,1-3H3. The van der Waals surface area contributed by atoms with Crippen LogP contribution in [0, 0.1) is 0 Å². The highest BCUT2D eigenvalue weighted by molar-refractivity contribution is 5.25. The maximum Gasteiger partial charge on any atom is 0.0110 e. The summed E-state index contributed by atoms with van der Waals surface area (Å²) in [4.78, 5) is 2.60. The van der Waals surface area contributed by atoms with E-state index in [1.807, 2.05) is 0 Å². The molecular weight excluding hydrogens is 232 g/mol. The number of piperazine rings is 1. The Labute approximate surface area is 118 Å². The molecule has 1 aliphatic rings. The Morgan fingerprint density at radius 1 is 1.11 bits per heavy atom. The second-order valence-corrected chi connectivity index (χ2v) is 5.89. The van der Waals surface area contributed by atoms with Crippen LogP contribution in [0.15, 0.2) is 24.3 Å². The minimum Gasteiger partial charge on any atom is -0.314 e. The van der Waals surface area contributed by atoms with Gasteiger partial charge in [0, 0.05) is 32.2 Å². The van der Waals surface area contributed by atoms with Crippen LogP contribution in [-0.2, 0) is 6.42 Å². The molecule has 1 aromatic rings. The smallest absolute Gasteiger partial charge is 0.0110 e. The summed E-state index contributed by atoms with van der Waals surface area (Å²) in [5.41, 5.74) is 2.94. The second-order valence-electron chi connectivity index (χ2n) is 5.89. The molecule has 0 radical (unpaired) electrons. The van der Waals surface area contributed by atoms with Crippen molar-refractivity contribution in [2.24, 2.45) is 0 Å². The van der Waals surface area contributed by atoms with Crippen molar-refractivity contribution in [2.75, 3.05) is 26.2 Å². The average molecular weight is 260 g/mol. The maximum atomic E-state index is 3.42. The predicted octanol–water partition coefficient (Wildman–Crippen LogP) is 3.04. The molecule has 2 heteroatoms. The van der Waals surface area contributed by atoms with E-state index < -0.39 is 0 Å². The van der Waals surface area contributed by atoms with Crippen LogP contribution in [0.5, 0.6) is 0 Å². The van der Waals surface area contributed by atoms with E-state index in [0.717, 1.165) is 13.1 Å². The molecule has 0 spiro atoms. The van der Waals surface area contributed by atoms with Gasteiger partial charge in [-0.25, -0.2) is 0 Å². The van der Waals surface area contributed by atoms with Gasteiger partial charge in [-0.3, -0.25) is 4.90 Å². The molecule has 1 aromatic carbocycles. The molecule has 19 heavy (non-hydrogen) atoms. The van der Waals surface area contributed by atoms with E-state index in [2.05, 4.69) is 55.3 Å². The molecule has 1 N–H and O–H groups in total. The zero-order chi connectivity index (χ0) is 13.7. The van der Waals surface area contributed by atoms with Gasteiger partial charge in [0.1, 0.15) is 0 Å². The van der Waals surface area contributed by atoms with Crippen LogP contribution in [-0.4, -0.2) is 37.1 Å². The second kappa shape index (κ2) is 7.06. The summed E-state index contributed by atoms with van der Waals surface area (Å²) in [7, 11) is 0. The summed E-state index contributed by atoms with van der Waals surface area (Å²) in [5, 5.41) is 3.42. The molecule has 0 aliphatic carbocycles. The first-order valence-corrected chi connectivity index (χ1v) is 7.74. The van der Waals surface area contributed by atoms with Crippen LogP contribution < -0.4 is 5.32 Å². The van der Waals surface area contributed by atoms with Crippen LogP contribution in [0.1, 0.15) is 44.2 Å². The van der Waals surface area contributed by atoms with E-state index in [9.17, 15) is 0 Å². The number of benzene rings is 1. The molecule has 0 aromatic heterocycles. The molecule has 0 amide bonds. The van der Waals surface area contributed by atoms with Crippen molar-refractivity contribution in [1.29, 1.82) is 0 Å². The van der Waals surface area contributed by atoms with Gasteiger partial charge < -0.3 is 5.32 Å². The van der Waals surface area contributed by atoms with E-state index in [-0.39, 0.29) is 0 Å². The normalized spacial score (nSPS) is 20.2. The van der Waals surface area contributed by atoms with Crippen molar-refractivity contribution in [3.05, 3.63) is 35.4 Å². The van der Waals surface area contributed by atoms with E-state index in [1.165, 1.54) is 37.1 Å². The monoisotopic (exact) mass is 260 g/mol. The van der Waals surface area contributed by atoms with Crippen LogP contribution in [0.2, 0.25) is 0 Å². The van der Waals surface area contributed by atoms with Crippen LogP contribution in [0.3, 0.4) is 0 Å². The van der Waals surface area contributed by atoms with Crippen molar-refractivity contribution in [1.82, 2.24) is 10.2 Å². The fourth-order valence-electron chi connectivity index (χ4n) is 2.81. The van der Waals surface area contributed by atoms with Crippen molar-refractivity contribution >= 4 is 0 Å². The molecule has 0 bridgehead atoms. The van der Waals surface area contributed by atoms with Crippen molar-refractivity contribution in [3.63, 3.8) is 0 Å². The van der Waals surface area contributed by atoms with Gasteiger partial charge in [0.15, 0.2) is 0 Å².